The number of carbonyl (C=O) groups is 1. The Hall–Kier alpha value is -1.87. The number of halogens is 1. The van der Waals surface area contributed by atoms with Crippen molar-refractivity contribution in [1.82, 2.24) is 20.2 Å². The molecule has 3 rings (SSSR count). The number of nitrogens with one attached hydrogen (secondary N) is 1. The third-order valence-corrected chi connectivity index (χ3v) is 5.63. The van der Waals surface area contributed by atoms with Crippen molar-refractivity contribution in [2.75, 3.05) is 58.4 Å². The van der Waals surface area contributed by atoms with Gasteiger partial charge in [0.25, 0.3) is 5.91 Å². The van der Waals surface area contributed by atoms with Gasteiger partial charge in [-0.15, -0.1) is 0 Å². The number of ether oxygens (including phenoxy) is 1. The zero-order chi connectivity index (χ0) is 20.6. The van der Waals surface area contributed by atoms with Gasteiger partial charge in [0.1, 0.15) is 11.0 Å². The Morgan fingerprint density at radius 2 is 1.97 bits per heavy atom. The Bertz CT molecular complexity index is 813. The second-order valence-electron chi connectivity index (χ2n) is 6.92. The Morgan fingerprint density at radius 1 is 1.24 bits per heavy atom. The van der Waals surface area contributed by atoms with Crippen LogP contribution in [0.1, 0.15) is 15.9 Å². The first-order chi connectivity index (χ1) is 14.0. The third-order valence-electron chi connectivity index (χ3n) is 4.52. The number of rotatable bonds is 8. The highest BCUT2D eigenvalue weighted by Gasteiger charge is 2.11. The summed E-state index contributed by atoms with van der Waals surface area (Å²) in [5, 5.41) is 4.04. The summed E-state index contributed by atoms with van der Waals surface area (Å²) in [6.45, 7) is 4.87. The summed E-state index contributed by atoms with van der Waals surface area (Å²) >= 11 is 7.59. The zero-order valence-corrected chi connectivity index (χ0v) is 18.3. The van der Waals surface area contributed by atoms with Crippen molar-refractivity contribution in [3.8, 4) is 0 Å². The Kier molecular flexibility index (Phi) is 8.11. The molecule has 0 atom stereocenters. The average molecular weight is 436 g/mol. The maximum Gasteiger partial charge on any atom is 0.251 e. The number of nitrogens with zero attached hydrogens (tertiary/aromatic N) is 4. The second kappa shape index (κ2) is 10.8. The lowest BCUT2D eigenvalue weighted by atomic mass is 10.1. The molecule has 0 aliphatic carbocycles. The molecule has 0 unspecified atom stereocenters. The maximum absolute atomic E-state index is 12.3. The van der Waals surface area contributed by atoms with Crippen LogP contribution in [-0.2, 0) is 10.5 Å². The number of carbonyl (C=O) groups excluding carboxylic acids is 1. The molecule has 0 radical (unpaired) electrons. The van der Waals surface area contributed by atoms with Crippen LogP contribution in [0.4, 0.5) is 5.82 Å². The van der Waals surface area contributed by atoms with Crippen LogP contribution in [0.3, 0.4) is 0 Å². The number of hydrogen-bond acceptors (Lipinski definition) is 7. The molecule has 1 amide bonds. The van der Waals surface area contributed by atoms with E-state index in [1.165, 1.54) is 11.8 Å². The van der Waals surface area contributed by atoms with Crippen LogP contribution in [0.5, 0.6) is 0 Å². The third kappa shape index (κ3) is 6.85. The predicted octanol–water partition coefficient (Wildman–Crippen LogP) is 2.55. The second-order valence-corrected chi connectivity index (χ2v) is 8.25. The SMILES string of the molecule is CN(C)c1cc(Cl)nc(SCc2ccc(C(=O)NCCN3CCOCC3)cc2)n1. The van der Waals surface area contributed by atoms with Crippen LogP contribution >= 0.6 is 23.4 Å². The minimum absolute atomic E-state index is 0.0498. The molecular weight excluding hydrogens is 410 g/mol. The van der Waals surface area contributed by atoms with Crippen molar-refractivity contribution in [3.63, 3.8) is 0 Å². The molecule has 0 spiro atoms. The number of amides is 1. The van der Waals surface area contributed by atoms with E-state index in [0.29, 0.717) is 28.2 Å². The van der Waals surface area contributed by atoms with Gasteiger partial charge in [-0.3, -0.25) is 9.69 Å². The van der Waals surface area contributed by atoms with Crippen molar-refractivity contribution >= 4 is 35.1 Å². The molecule has 1 aromatic heterocycles. The molecule has 2 heterocycles. The van der Waals surface area contributed by atoms with E-state index in [4.69, 9.17) is 16.3 Å². The minimum Gasteiger partial charge on any atom is -0.379 e. The lowest BCUT2D eigenvalue weighted by molar-refractivity contribution is 0.0383. The summed E-state index contributed by atoms with van der Waals surface area (Å²) in [6, 6.07) is 9.36. The van der Waals surface area contributed by atoms with Crippen LogP contribution in [0, 0.1) is 0 Å². The van der Waals surface area contributed by atoms with Crippen molar-refractivity contribution in [2.24, 2.45) is 0 Å². The zero-order valence-electron chi connectivity index (χ0n) is 16.7. The lowest BCUT2D eigenvalue weighted by Crippen LogP contribution is -2.41. The van der Waals surface area contributed by atoms with Crippen LogP contribution in [0.2, 0.25) is 5.15 Å². The van der Waals surface area contributed by atoms with Gasteiger partial charge in [0.15, 0.2) is 5.16 Å². The molecule has 156 valence electrons. The Morgan fingerprint density at radius 3 is 2.66 bits per heavy atom. The molecule has 1 N–H and O–H groups in total. The van der Waals surface area contributed by atoms with Gasteiger partial charge < -0.3 is 15.0 Å². The normalized spacial score (nSPS) is 14.6. The molecule has 1 aliphatic rings. The summed E-state index contributed by atoms with van der Waals surface area (Å²) in [5.74, 6) is 1.43. The standard InChI is InChI=1S/C20H26ClN5O2S/c1-25(2)18-13-17(21)23-20(24-18)29-14-15-3-5-16(6-4-15)19(27)22-7-8-26-9-11-28-12-10-26/h3-6,13H,7-12,14H2,1-2H3,(H,22,27). The van der Waals surface area contributed by atoms with E-state index in [-0.39, 0.29) is 5.91 Å². The minimum atomic E-state index is -0.0498. The van der Waals surface area contributed by atoms with Gasteiger partial charge in [0.2, 0.25) is 0 Å². The molecular formula is C20H26ClN5O2S. The molecule has 7 nitrogen and oxygen atoms in total. The smallest absolute Gasteiger partial charge is 0.251 e. The van der Waals surface area contributed by atoms with E-state index < -0.39 is 0 Å². The van der Waals surface area contributed by atoms with Gasteiger partial charge in [-0.25, -0.2) is 9.97 Å². The molecule has 1 aliphatic heterocycles. The highest BCUT2D eigenvalue weighted by molar-refractivity contribution is 7.98. The monoisotopic (exact) mass is 435 g/mol. The van der Waals surface area contributed by atoms with E-state index >= 15 is 0 Å². The molecule has 1 saturated heterocycles. The Balaban J connectivity index is 1.47. The predicted molar refractivity (Wildman–Crippen MR) is 117 cm³/mol. The van der Waals surface area contributed by atoms with Gasteiger partial charge >= 0.3 is 0 Å². The van der Waals surface area contributed by atoms with Gasteiger partial charge in [-0.1, -0.05) is 35.5 Å². The van der Waals surface area contributed by atoms with Crippen LogP contribution in [0.25, 0.3) is 0 Å². The van der Waals surface area contributed by atoms with Gasteiger partial charge in [-0.2, -0.15) is 0 Å². The first kappa shape index (κ1) is 21.8. The highest BCUT2D eigenvalue weighted by Crippen LogP contribution is 2.24. The van der Waals surface area contributed by atoms with Crippen LogP contribution in [-0.4, -0.2) is 74.3 Å². The molecule has 9 heteroatoms. The quantitative estimate of drug-likeness (QED) is 0.388. The average Bonchev–Trinajstić information content (AvgIpc) is 2.73. The van der Waals surface area contributed by atoms with E-state index in [2.05, 4.69) is 20.2 Å². The topological polar surface area (TPSA) is 70.6 Å². The number of aromatic nitrogens is 2. The van der Waals surface area contributed by atoms with E-state index in [0.717, 1.165) is 44.2 Å². The van der Waals surface area contributed by atoms with Crippen molar-refractivity contribution in [2.45, 2.75) is 10.9 Å². The molecule has 29 heavy (non-hydrogen) atoms. The fourth-order valence-electron chi connectivity index (χ4n) is 2.83. The fraction of sp³-hybridized carbons (Fsp3) is 0.450. The molecule has 0 bridgehead atoms. The lowest BCUT2D eigenvalue weighted by Gasteiger charge is -2.26. The number of morpholine rings is 1. The van der Waals surface area contributed by atoms with Gasteiger partial charge in [0.05, 0.1) is 13.2 Å². The summed E-state index contributed by atoms with van der Waals surface area (Å²) in [5.41, 5.74) is 1.75. The van der Waals surface area contributed by atoms with Crippen LogP contribution < -0.4 is 10.2 Å². The van der Waals surface area contributed by atoms with E-state index in [1.807, 2.05) is 43.3 Å². The van der Waals surface area contributed by atoms with Crippen molar-refractivity contribution in [3.05, 3.63) is 46.6 Å². The Labute approximate surface area is 180 Å². The first-order valence-electron chi connectivity index (χ1n) is 9.53. The fourth-order valence-corrected chi connectivity index (χ4v) is 3.87. The van der Waals surface area contributed by atoms with E-state index in [1.54, 1.807) is 6.07 Å². The molecule has 2 aromatic rings. The first-order valence-corrected chi connectivity index (χ1v) is 10.9. The summed E-state index contributed by atoms with van der Waals surface area (Å²) < 4.78 is 5.33. The summed E-state index contributed by atoms with van der Waals surface area (Å²) in [4.78, 5) is 25.3. The highest BCUT2D eigenvalue weighted by atomic mass is 35.5. The molecule has 1 fully saturated rings. The number of benzene rings is 1. The molecule has 1 aromatic carbocycles. The molecule has 0 saturated carbocycles. The van der Waals surface area contributed by atoms with E-state index in [9.17, 15) is 4.79 Å². The summed E-state index contributed by atoms with van der Waals surface area (Å²) in [7, 11) is 3.83. The largest absolute Gasteiger partial charge is 0.379 e. The maximum atomic E-state index is 12.3. The van der Waals surface area contributed by atoms with Crippen molar-refractivity contribution < 1.29 is 9.53 Å². The van der Waals surface area contributed by atoms with Crippen molar-refractivity contribution in [1.29, 1.82) is 0 Å². The number of thioether (sulfide) groups is 1. The van der Waals surface area contributed by atoms with Crippen LogP contribution in [0.15, 0.2) is 35.5 Å². The van der Waals surface area contributed by atoms with Gasteiger partial charge in [0, 0.05) is 57.7 Å². The summed E-state index contributed by atoms with van der Waals surface area (Å²) in [6.07, 6.45) is 0. The number of hydrogen-bond donors (Lipinski definition) is 1. The number of anilines is 1. The van der Waals surface area contributed by atoms with Gasteiger partial charge in [-0.05, 0) is 17.7 Å².